The number of amides is 1. The van der Waals surface area contributed by atoms with Gasteiger partial charge >= 0.3 is 6.61 Å². The van der Waals surface area contributed by atoms with Crippen molar-refractivity contribution in [1.82, 2.24) is 9.55 Å². The largest absolute Gasteiger partial charge is 0.491 e. The van der Waals surface area contributed by atoms with E-state index in [0.29, 0.717) is 47.5 Å². The van der Waals surface area contributed by atoms with Crippen LogP contribution in [0, 0.1) is 6.92 Å². The second kappa shape index (κ2) is 18.1. The molecule has 0 radical (unpaired) electrons. The molecule has 0 aliphatic carbocycles. The molecular formula is C36H41F2N3O5S. The number of unbranched alkanes of at least 4 members (excludes halogenated alkanes) is 1. The van der Waals surface area contributed by atoms with Gasteiger partial charge in [-0.2, -0.15) is 8.78 Å². The number of hydrogen-bond donors (Lipinski definition) is 1. The summed E-state index contributed by atoms with van der Waals surface area (Å²) in [6.45, 7) is 5.55. The van der Waals surface area contributed by atoms with E-state index in [4.69, 9.17) is 14.2 Å². The van der Waals surface area contributed by atoms with E-state index in [1.165, 1.54) is 18.2 Å². The predicted molar refractivity (Wildman–Crippen MR) is 181 cm³/mol. The second-order valence-corrected chi connectivity index (χ2v) is 12.2. The summed E-state index contributed by atoms with van der Waals surface area (Å²) in [5.74, 6) is 0.510. The molecule has 3 aromatic carbocycles. The van der Waals surface area contributed by atoms with Crippen LogP contribution in [0.1, 0.15) is 50.1 Å². The SMILES string of the molecule is CCCCOCCOc1ccc(-c2ccc(OC(F)F)c(/C=C/C(=O)Nc3ccc([S@](=O)Cc4c(C)ncn4CCC)cc3)c2)cc1. The van der Waals surface area contributed by atoms with Gasteiger partial charge in [-0.05, 0) is 85.5 Å². The summed E-state index contributed by atoms with van der Waals surface area (Å²) in [7, 11) is -1.29. The number of aromatic nitrogens is 2. The van der Waals surface area contributed by atoms with Crippen molar-refractivity contribution in [2.75, 3.05) is 25.1 Å². The summed E-state index contributed by atoms with van der Waals surface area (Å²) >= 11 is 0. The fourth-order valence-electron chi connectivity index (χ4n) is 4.75. The van der Waals surface area contributed by atoms with Gasteiger partial charge in [-0.25, -0.2) is 4.98 Å². The van der Waals surface area contributed by atoms with Crippen LogP contribution in [0.3, 0.4) is 0 Å². The number of anilines is 1. The summed E-state index contributed by atoms with van der Waals surface area (Å²) in [5, 5.41) is 2.75. The van der Waals surface area contributed by atoms with Gasteiger partial charge in [-0.15, -0.1) is 0 Å². The molecule has 0 unspecified atom stereocenters. The van der Waals surface area contributed by atoms with E-state index in [2.05, 4.69) is 24.1 Å². The van der Waals surface area contributed by atoms with Crippen LogP contribution < -0.4 is 14.8 Å². The predicted octanol–water partition coefficient (Wildman–Crippen LogP) is 8.03. The van der Waals surface area contributed by atoms with Crippen LogP contribution in [0.4, 0.5) is 14.5 Å². The molecular weight excluding hydrogens is 624 g/mol. The number of nitrogens with zero attached hydrogens (tertiary/aromatic N) is 2. The first-order chi connectivity index (χ1) is 22.8. The molecule has 1 aromatic heterocycles. The average molecular weight is 666 g/mol. The Morgan fingerprint density at radius 3 is 2.43 bits per heavy atom. The highest BCUT2D eigenvalue weighted by Gasteiger charge is 2.14. The molecule has 0 spiro atoms. The number of halogens is 2. The molecule has 1 heterocycles. The number of rotatable bonds is 18. The van der Waals surface area contributed by atoms with Crippen molar-refractivity contribution in [1.29, 1.82) is 0 Å². The van der Waals surface area contributed by atoms with Gasteiger partial charge in [0.1, 0.15) is 18.1 Å². The van der Waals surface area contributed by atoms with E-state index >= 15 is 0 Å². The minimum absolute atomic E-state index is 0.0572. The van der Waals surface area contributed by atoms with Crippen LogP contribution in [0.15, 0.2) is 84.0 Å². The number of aryl methyl sites for hydroxylation is 2. The molecule has 47 heavy (non-hydrogen) atoms. The van der Waals surface area contributed by atoms with E-state index in [9.17, 15) is 17.8 Å². The number of carbonyl (C=O) groups is 1. The lowest BCUT2D eigenvalue weighted by Gasteiger charge is -2.12. The first-order valence-electron chi connectivity index (χ1n) is 15.6. The molecule has 1 N–H and O–H groups in total. The molecule has 0 bridgehead atoms. The van der Waals surface area contributed by atoms with E-state index < -0.39 is 23.3 Å². The highest BCUT2D eigenvalue weighted by molar-refractivity contribution is 7.84. The number of alkyl halides is 2. The molecule has 11 heteroatoms. The normalized spacial score (nSPS) is 12.0. The van der Waals surface area contributed by atoms with Crippen molar-refractivity contribution in [3.05, 3.63) is 96.1 Å². The third-order valence-electron chi connectivity index (χ3n) is 7.24. The first kappa shape index (κ1) is 35.5. The molecule has 1 atom stereocenters. The number of hydrogen-bond acceptors (Lipinski definition) is 6. The van der Waals surface area contributed by atoms with Gasteiger partial charge in [0.05, 0.1) is 40.9 Å². The zero-order valence-corrected chi connectivity index (χ0v) is 27.7. The van der Waals surface area contributed by atoms with Crippen LogP contribution in [-0.2, 0) is 32.6 Å². The smallest absolute Gasteiger partial charge is 0.387 e. The van der Waals surface area contributed by atoms with Gasteiger partial charge in [0.15, 0.2) is 0 Å². The number of nitrogens with one attached hydrogen (secondary N) is 1. The molecule has 1 amide bonds. The van der Waals surface area contributed by atoms with Crippen molar-refractivity contribution in [3.8, 4) is 22.6 Å². The Morgan fingerprint density at radius 1 is 0.979 bits per heavy atom. The Hall–Kier alpha value is -4.35. The lowest BCUT2D eigenvalue weighted by Crippen LogP contribution is -2.09. The third-order valence-corrected chi connectivity index (χ3v) is 8.57. The Bertz CT molecular complexity index is 1640. The number of ether oxygens (including phenoxy) is 3. The zero-order chi connectivity index (χ0) is 33.6. The Labute approximate surface area is 277 Å². The monoisotopic (exact) mass is 665 g/mol. The molecule has 0 aliphatic heterocycles. The molecule has 8 nitrogen and oxygen atoms in total. The lowest BCUT2D eigenvalue weighted by atomic mass is 10.0. The summed E-state index contributed by atoms with van der Waals surface area (Å²) < 4.78 is 57.3. The number of imidazole rings is 1. The van der Waals surface area contributed by atoms with Crippen molar-refractivity contribution in [2.45, 2.75) is 63.8 Å². The fourth-order valence-corrected chi connectivity index (χ4v) is 5.98. The highest BCUT2D eigenvalue weighted by atomic mass is 32.2. The van der Waals surface area contributed by atoms with Gasteiger partial charge in [-0.3, -0.25) is 9.00 Å². The summed E-state index contributed by atoms with van der Waals surface area (Å²) in [4.78, 5) is 17.7. The average Bonchev–Trinajstić information content (AvgIpc) is 3.40. The van der Waals surface area contributed by atoms with Crippen molar-refractivity contribution >= 4 is 28.5 Å². The van der Waals surface area contributed by atoms with E-state index in [-0.39, 0.29) is 5.75 Å². The standard InChI is InChI=1S/C36H41F2N3O5S/c1-4-6-20-44-21-22-45-31-13-7-27(8-14-31)28-9-17-34(46-36(37)38)29(23-28)10-18-35(42)40-30-11-15-32(16-12-30)47(43)24-33-26(3)39-25-41(33)19-5-2/h7-18,23,25,36H,4-6,19-22,24H2,1-3H3,(H,40,42)/b18-10+/t47-/m1/s1. The molecule has 4 aromatic rings. The molecule has 0 saturated carbocycles. The maximum atomic E-state index is 13.1. The summed E-state index contributed by atoms with van der Waals surface area (Å²) in [5.41, 5.74) is 4.19. The molecule has 0 fully saturated rings. The molecule has 4 rings (SSSR count). The maximum absolute atomic E-state index is 13.1. The number of carbonyl (C=O) groups excluding carboxylic acids is 1. The van der Waals surface area contributed by atoms with E-state index in [1.54, 1.807) is 42.7 Å². The van der Waals surface area contributed by atoms with Crippen molar-refractivity contribution in [3.63, 3.8) is 0 Å². The fraction of sp³-hybridized carbons (Fsp3) is 0.333. The van der Waals surface area contributed by atoms with Gasteiger partial charge in [0.25, 0.3) is 0 Å². The Kier molecular flexibility index (Phi) is 13.7. The van der Waals surface area contributed by atoms with Gasteiger partial charge in [0, 0.05) is 35.4 Å². The number of benzene rings is 3. The topological polar surface area (TPSA) is 91.7 Å². The summed E-state index contributed by atoms with van der Waals surface area (Å²) in [6, 6.07) is 19.0. The minimum Gasteiger partial charge on any atom is -0.491 e. The quantitative estimate of drug-likeness (QED) is 0.0855. The van der Waals surface area contributed by atoms with Crippen LogP contribution in [0.5, 0.6) is 11.5 Å². The first-order valence-corrected chi connectivity index (χ1v) is 17.0. The molecule has 0 aliphatic rings. The van der Waals surface area contributed by atoms with E-state index in [0.717, 1.165) is 48.3 Å². The lowest BCUT2D eigenvalue weighted by molar-refractivity contribution is -0.111. The Morgan fingerprint density at radius 2 is 1.72 bits per heavy atom. The van der Waals surface area contributed by atoms with Gasteiger partial charge in [-0.1, -0.05) is 38.5 Å². The van der Waals surface area contributed by atoms with Crippen molar-refractivity contribution in [2.24, 2.45) is 0 Å². The van der Waals surface area contributed by atoms with Gasteiger partial charge in [0.2, 0.25) is 5.91 Å². The molecule has 250 valence electrons. The Balaban J connectivity index is 1.39. The van der Waals surface area contributed by atoms with Crippen LogP contribution in [0.25, 0.3) is 17.2 Å². The van der Waals surface area contributed by atoms with Crippen LogP contribution in [-0.4, -0.2) is 46.1 Å². The highest BCUT2D eigenvalue weighted by Crippen LogP contribution is 2.30. The summed E-state index contributed by atoms with van der Waals surface area (Å²) in [6.07, 6.45) is 7.50. The van der Waals surface area contributed by atoms with Crippen LogP contribution in [0.2, 0.25) is 0 Å². The third kappa shape index (κ3) is 10.9. The van der Waals surface area contributed by atoms with E-state index in [1.807, 2.05) is 35.8 Å². The molecule has 0 saturated heterocycles. The second-order valence-electron chi connectivity index (χ2n) is 10.8. The maximum Gasteiger partial charge on any atom is 0.387 e. The van der Waals surface area contributed by atoms with Crippen LogP contribution >= 0.6 is 0 Å². The van der Waals surface area contributed by atoms with Gasteiger partial charge < -0.3 is 24.1 Å². The van der Waals surface area contributed by atoms with Crippen molar-refractivity contribution < 1.29 is 32.0 Å². The zero-order valence-electron chi connectivity index (χ0n) is 26.9. The minimum atomic E-state index is -3.02.